The van der Waals surface area contributed by atoms with Gasteiger partial charge in [-0.15, -0.1) is 11.3 Å². The highest BCUT2D eigenvalue weighted by atomic mass is 32.1. The van der Waals surface area contributed by atoms with Gasteiger partial charge >= 0.3 is 6.03 Å². The monoisotopic (exact) mass is 296 g/mol. The third-order valence-electron chi connectivity index (χ3n) is 3.39. The third-order valence-corrected chi connectivity index (χ3v) is 4.44. The molecule has 110 valence electrons. The van der Waals surface area contributed by atoms with Crippen LogP contribution in [-0.2, 0) is 0 Å². The molecule has 0 spiro atoms. The average Bonchev–Trinajstić information content (AvgIpc) is 2.77. The molecule has 1 fully saturated rings. The number of nitrogen functional groups attached to an aromatic ring is 1. The second-order valence-corrected chi connectivity index (χ2v) is 6.33. The van der Waals surface area contributed by atoms with E-state index in [1.165, 1.54) is 11.3 Å². The summed E-state index contributed by atoms with van der Waals surface area (Å²) in [4.78, 5) is 30.9. The predicted molar refractivity (Wildman–Crippen MR) is 80.0 cm³/mol. The molecule has 0 unspecified atom stereocenters. The highest BCUT2D eigenvalue weighted by Gasteiger charge is 2.26. The van der Waals surface area contributed by atoms with E-state index in [0.717, 1.165) is 4.88 Å². The van der Waals surface area contributed by atoms with Gasteiger partial charge in [0.1, 0.15) is 0 Å². The number of anilines is 1. The van der Waals surface area contributed by atoms with Crippen LogP contribution in [0.2, 0.25) is 0 Å². The van der Waals surface area contributed by atoms with Gasteiger partial charge in [-0.2, -0.15) is 0 Å². The maximum Gasteiger partial charge on any atom is 0.319 e. The first-order chi connectivity index (χ1) is 9.40. The summed E-state index contributed by atoms with van der Waals surface area (Å²) in [6.07, 6.45) is 0. The lowest BCUT2D eigenvalue weighted by atomic mass is 10.3. The Balaban J connectivity index is 1.97. The zero-order valence-corrected chi connectivity index (χ0v) is 12.9. The van der Waals surface area contributed by atoms with Gasteiger partial charge in [0.25, 0.3) is 5.91 Å². The zero-order valence-electron chi connectivity index (χ0n) is 12.0. The van der Waals surface area contributed by atoms with Gasteiger partial charge in [-0.05, 0) is 13.0 Å². The topological polar surface area (TPSA) is 69.9 Å². The summed E-state index contributed by atoms with van der Waals surface area (Å²) in [6, 6.07) is 1.73. The molecule has 1 aromatic rings. The Bertz CT molecular complexity index is 499. The Hall–Kier alpha value is -1.76. The fourth-order valence-electron chi connectivity index (χ4n) is 2.14. The third kappa shape index (κ3) is 2.87. The molecule has 0 atom stereocenters. The molecule has 0 saturated carbocycles. The first-order valence-electron chi connectivity index (χ1n) is 6.51. The first-order valence-corrected chi connectivity index (χ1v) is 7.33. The minimum Gasteiger partial charge on any atom is -0.398 e. The van der Waals surface area contributed by atoms with E-state index in [9.17, 15) is 9.59 Å². The van der Waals surface area contributed by atoms with E-state index in [4.69, 9.17) is 5.73 Å². The molecule has 0 aromatic carbocycles. The maximum atomic E-state index is 12.3. The van der Waals surface area contributed by atoms with Gasteiger partial charge in [0, 0.05) is 50.8 Å². The highest BCUT2D eigenvalue weighted by molar-refractivity contribution is 7.14. The summed E-state index contributed by atoms with van der Waals surface area (Å²) in [5.74, 6) is 0.00625. The summed E-state index contributed by atoms with van der Waals surface area (Å²) in [5, 5.41) is 0. The standard InChI is InChI=1S/C13H20N4O2S/c1-9-10(14)8-11(20-9)12(18)16-4-6-17(7-5-16)13(19)15(2)3/h8H,4-7,14H2,1-3H3. The van der Waals surface area contributed by atoms with Gasteiger partial charge < -0.3 is 20.4 Å². The van der Waals surface area contributed by atoms with Crippen molar-refractivity contribution in [1.29, 1.82) is 0 Å². The molecule has 1 aromatic heterocycles. The lowest BCUT2D eigenvalue weighted by Gasteiger charge is -2.35. The van der Waals surface area contributed by atoms with Crippen LogP contribution >= 0.6 is 11.3 Å². The predicted octanol–water partition coefficient (Wildman–Crippen LogP) is 1.08. The largest absolute Gasteiger partial charge is 0.398 e. The van der Waals surface area contributed by atoms with E-state index in [2.05, 4.69) is 0 Å². The van der Waals surface area contributed by atoms with Crippen molar-refractivity contribution in [3.05, 3.63) is 15.8 Å². The van der Waals surface area contributed by atoms with Gasteiger partial charge in [0.15, 0.2) is 0 Å². The lowest BCUT2D eigenvalue weighted by Crippen LogP contribution is -2.52. The van der Waals surface area contributed by atoms with Crippen LogP contribution in [0.15, 0.2) is 6.07 Å². The van der Waals surface area contributed by atoms with E-state index in [0.29, 0.717) is 36.7 Å². The fraction of sp³-hybridized carbons (Fsp3) is 0.538. The molecule has 2 rings (SSSR count). The number of urea groups is 1. The van der Waals surface area contributed by atoms with Gasteiger partial charge in [0.05, 0.1) is 4.88 Å². The summed E-state index contributed by atoms with van der Waals surface area (Å²) in [7, 11) is 3.47. The van der Waals surface area contributed by atoms with Crippen LogP contribution in [0, 0.1) is 6.92 Å². The van der Waals surface area contributed by atoms with Gasteiger partial charge in [-0.3, -0.25) is 4.79 Å². The second-order valence-electron chi connectivity index (χ2n) is 5.08. The van der Waals surface area contributed by atoms with E-state index < -0.39 is 0 Å². The maximum absolute atomic E-state index is 12.3. The summed E-state index contributed by atoms with van der Waals surface area (Å²) in [6.45, 7) is 4.18. The van der Waals surface area contributed by atoms with Crippen LogP contribution in [0.25, 0.3) is 0 Å². The number of aryl methyl sites for hydroxylation is 1. The molecule has 20 heavy (non-hydrogen) atoms. The Morgan fingerprint density at radius 3 is 2.20 bits per heavy atom. The number of hydrogen-bond donors (Lipinski definition) is 1. The molecular formula is C13H20N4O2S. The smallest absolute Gasteiger partial charge is 0.319 e. The van der Waals surface area contributed by atoms with Crippen LogP contribution < -0.4 is 5.73 Å². The van der Waals surface area contributed by atoms with Crippen LogP contribution in [0.4, 0.5) is 10.5 Å². The molecule has 6 nitrogen and oxygen atoms in total. The molecule has 0 bridgehead atoms. The molecule has 1 aliphatic heterocycles. The quantitative estimate of drug-likeness (QED) is 0.843. The van der Waals surface area contributed by atoms with Crippen molar-refractivity contribution in [2.75, 3.05) is 46.0 Å². The summed E-state index contributed by atoms with van der Waals surface area (Å²) < 4.78 is 0. The highest BCUT2D eigenvalue weighted by Crippen LogP contribution is 2.25. The molecule has 3 amide bonds. The second kappa shape index (κ2) is 5.70. The van der Waals surface area contributed by atoms with E-state index in [1.54, 1.807) is 34.9 Å². The Kier molecular flexibility index (Phi) is 4.17. The molecule has 0 radical (unpaired) electrons. The lowest BCUT2D eigenvalue weighted by molar-refractivity contribution is 0.0655. The number of carbonyl (C=O) groups is 2. The number of piperazine rings is 1. The Labute approximate surface area is 122 Å². The minimum absolute atomic E-state index is 0.00619. The number of carbonyl (C=O) groups excluding carboxylic acids is 2. The van der Waals surface area contributed by atoms with E-state index >= 15 is 0 Å². The van der Waals surface area contributed by atoms with Crippen LogP contribution in [-0.4, -0.2) is 66.9 Å². The van der Waals surface area contributed by atoms with Gasteiger partial charge in [-0.25, -0.2) is 4.79 Å². The van der Waals surface area contributed by atoms with Crippen LogP contribution in [0.3, 0.4) is 0 Å². The number of amides is 3. The summed E-state index contributed by atoms with van der Waals surface area (Å²) >= 11 is 1.42. The molecule has 1 saturated heterocycles. The van der Waals surface area contributed by atoms with Crippen LogP contribution in [0.1, 0.15) is 14.5 Å². The number of rotatable bonds is 1. The number of thiophene rings is 1. The minimum atomic E-state index is -0.00619. The molecular weight excluding hydrogens is 276 g/mol. The zero-order chi connectivity index (χ0) is 14.9. The van der Waals surface area contributed by atoms with Crippen molar-refractivity contribution in [3.63, 3.8) is 0 Å². The van der Waals surface area contributed by atoms with Crippen molar-refractivity contribution >= 4 is 29.0 Å². The average molecular weight is 296 g/mol. The van der Waals surface area contributed by atoms with E-state index in [1.807, 2.05) is 6.92 Å². The van der Waals surface area contributed by atoms with Gasteiger partial charge in [-0.1, -0.05) is 0 Å². The first kappa shape index (κ1) is 14.6. The Morgan fingerprint density at radius 2 is 1.75 bits per heavy atom. The summed E-state index contributed by atoms with van der Waals surface area (Å²) in [5.41, 5.74) is 6.45. The molecule has 2 heterocycles. The molecule has 0 aliphatic carbocycles. The van der Waals surface area contributed by atoms with Crippen molar-refractivity contribution in [2.24, 2.45) is 0 Å². The Morgan fingerprint density at radius 1 is 1.20 bits per heavy atom. The van der Waals surface area contributed by atoms with Crippen LogP contribution in [0.5, 0.6) is 0 Å². The molecule has 2 N–H and O–H groups in total. The van der Waals surface area contributed by atoms with Crippen molar-refractivity contribution in [1.82, 2.24) is 14.7 Å². The van der Waals surface area contributed by atoms with Crippen molar-refractivity contribution in [2.45, 2.75) is 6.92 Å². The van der Waals surface area contributed by atoms with Gasteiger partial charge in [0.2, 0.25) is 0 Å². The molecule has 1 aliphatic rings. The number of hydrogen-bond acceptors (Lipinski definition) is 4. The number of nitrogens with two attached hydrogens (primary N) is 1. The fourth-order valence-corrected chi connectivity index (χ4v) is 3.05. The van der Waals surface area contributed by atoms with E-state index in [-0.39, 0.29) is 11.9 Å². The molecule has 7 heteroatoms. The van der Waals surface area contributed by atoms with Crippen molar-refractivity contribution < 1.29 is 9.59 Å². The number of nitrogens with zero attached hydrogens (tertiary/aromatic N) is 3. The normalized spacial score (nSPS) is 15.3. The SMILES string of the molecule is Cc1sc(C(=O)N2CCN(C(=O)N(C)C)CC2)cc1N. The van der Waals surface area contributed by atoms with Crippen molar-refractivity contribution in [3.8, 4) is 0 Å².